The first-order valence-electron chi connectivity index (χ1n) is 10.4. The minimum Gasteiger partial charge on any atom is -0.493 e. The van der Waals surface area contributed by atoms with E-state index in [2.05, 4.69) is 33.6 Å². The van der Waals surface area contributed by atoms with Crippen LogP contribution in [0.1, 0.15) is 18.9 Å². The summed E-state index contributed by atoms with van der Waals surface area (Å²) in [5, 5.41) is 0.521. The lowest BCUT2D eigenvalue weighted by molar-refractivity contribution is 0.318. The number of imidazole rings is 1. The number of aromatic amines is 1. The normalized spacial score (nSPS) is 11.3. The number of H-pyrrole nitrogens is 1. The maximum absolute atomic E-state index is 12.9. The van der Waals surface area contributed by atoms with Crippen LogP contribution in [0.2, 0.25) is 0 Å². The molecule has 0 aliphatic carbocycles. The molecule has 0 unspecified atom stereocenters. The Kier molecular flexibility index (Phi) is 4.96. The van der Waals surface area contributed by atoms with Crippen molar-refractivity contribution in [1.82, 2.24) is 19.5 Å². The molecule has 0 atom stereocenters. The van der Waals surface area contributed by atoms with Crippen molar-refractivity contribution in [2.45, 2.75) is 19.9 Å². The van der Waals surface area contributed by atoms with Crippen molar-refractivity contribution in [2.24, 2.45) is 0 Å². The van der Waals surface area contributed by atoms with Crippen molar-refractivity contribution in [1.29, 1.82) is 0 Å². The number of nitrogens with zero attached hydrogens (tertiary/aromatic N) is 3. The lowest BCUT2D eigenvalue weighted by Crippen LogP contribution is -2.10. The zero-order valence-electron chi connectivity index (χ0n) is 17.2. The average molecular weight is 410 g/mol. The van der Waals surface area contributed by atoms with Gasteiger partial charge in [0.1, 0.15) is 11.6 Å². The quantitative estimate of drug-likeness (QED) is 0.437. The van der Waals surface area contributed by atoms with E-state index in [9.17, 15) is 4.79 Å². The third-order valence-electron chi connectivity index (χ3n) is 5.25. The van der Waals surface area contributed by atoms with Gasteiger partial charge >= 0.3 is 0 Å². The van der Waals surface area contributed by atoms with E-state index in [-0.39, 0.29) is 5.56 Å². The zero-order valence-corrected chi connectivity index (χ0v) is 17.2. The Hall–Kier alpha value is -3.93. The van der Waals surface area contributed by atoms with Gasteiger partial charge in [-0.05, 0) is 36.2 Å². The first-order valence-corrected chi connectivity index (χ1v) is 10.4. The second-order valence-electron chi connectivity index (χ2n) is 7.48. The fourth-order valence-electron chi connectivity index (χ4n) is 3.72. The third kappa shape index (κ3) is 3.68. The molecule has 1 N–H and O–H groups in total. The summed E-state index contributed by atoms with van der Waals surface area (Å²) >= 11 is 0. The van der Waals surface area contributed by atoms with Crippen LogP contribution in [-0.2, 0) is 6.54 Å². The van der Waals surface area contributed by atoms with Gasteiger partial charge in [0, 0.05) is 6.54 Å². The number of benzene rings is 3. The van der Waals surface area contributed by atoms with Gasteiger partial charge in [-0.1, -0.05) is 49.4 Å². The van der Waals surface area contributed by atoms with E-state index in [1.54, 1.807) is 12.4 Å². The molecular formula is C25H22N4O2. The van der Waals surface area contributed by atoms with Crippen molar-refractivity contribution in [3.8, 4) is 17.1 Å². The molecule has 0 fully saturated rings. The minimum absolute atomic E-state index is 0.190. The number of rotatable bonds is 6. The second kappa shape index (κ2) is 8.07. The van der Waals surface area contributed by atoms with Gasteiger partial charge in [-0.3, -0.25) is 4.79 Å². The van der Waals surface area contributed by atoms with Gasteiger partial charge in [0.15, 0.2) is 0 Å². The van der Waals surface area contributed by atoms with Crippen molar-refractivity contribution < 1.29 is 4.74 Å². The maximum atomic E-state index is 12.9. The van der Waals surface area contributed by atoms with Crippen molar-refractivity contribution in [2.75, 3.05) is 6.61 Å². The number of hydrogen-bond donors (Lipinski definition) is 1. The Labute approximate surface area is 179 Å². The first-order chi connectivity index (χ1) is 15.2. The maximum Gasteiger partial charge on any atom is 0.259 e. The van der Waals surface area contributed by atoms with Crippen molar-refractivity contribution in [3.63, 3.8) is 0 Å². The summed E-state index contributed by atoms with van der Waals surface area (Å²) in [4.78, 5) is 25.1. The van der Waals surface area contributed by atoms with E-state index in [0.29, 0.717) is 35.6 Å². The fourth-order valence-corrected chi connectivity index (χ4v) is 3.72. The van der Waals surface area contributed by atoms with E-state index in [4.69, 9.17) is 9.72 Å². The van der Waals surface area contributed by atoms with Gasteiger partial charge in [0.2, 0.25) is 0 Å². The number of para-hydroxylation sites is 1. The van der Waals surface area contributed by atoms with Crippen LogP contribution in [0, 0.1) is 0 Å². The Morgan fingerprint density at radius 3 is 2.65 bits per heavy atom. The highest BCUT2D eigenvalue weighted by Crippen LogP contribution is 2.28. The lowest BCUT2D eigenvalue weighted by atomic mass is 10.1. The lowest BCUT2D eigenvalue weighted by Gasteiger charge is -2.11. The Morgan fingerprint density at radius 1 is 1.00 bits per heavy atom. The molecule has 5 rings (SSSR count). The second-order valence-corrected chi connectivity index (χ2v) is 7.48. The smallest absolute Gasteiger partial charge is 0.259 e. The van der Waals surface area contributed by atoms with Crippen LogP contribution in [0.3, 0.4) is 0 Å². The fraction of sp³-hybridized carbons (Fsp3) is 0.160. The molecule has 2 aromatic heterocycles. The molecule has 0 radical (unpaired) electrons. The molecule has 154 valence electrons. The molecule has 5 aromatic rings. The number of fused-ring (bicyclic) bond motifs is 2. The molecule has 0 aliphatic heterocycles. The minimum atomic E-state index is -0.190. The monoisotopic (exact) mass is 410 g/mol. The molecule has 31 heavy (non-hydrogen) atoms. The summed E-state index contributed by atoms with van der Waals surface area (Å²) in [5.41, 5.74) is 4.11. The highest BCUT2D eigenvalue weighted by molar-refractivity contribution is 5.93. The van der Waals surface area contributed by atoms with Crippen LogP contribution in [0.15, 0.2) is 77.9 Å². The highest BCUT2D eigenvalue weighted by atomic mass is 16.5. The van der Waals surface area contributed by atoms with Gasteiger partial charge in [-0.25, -0.2) is 9.97 Å². The standard InChI is InChI=1S/C25H22N4O2/c1-2-12-31-23-11-7-6-10-18(23)24-27-20-14-22-21(13-19(20)25(30)28-24)26-16-29(22)15-17-8-4-3-5-9-17/h3-11,13-14,16H,2,12,15H2,1H3,(H,27,28,30). The summed E-state index contributed by atoms with van der Waals surface area (Å²) in [6, 6.07) is 21.6. The predicted octanol–water partition coefficient (Wildman–Crippen LogP) is 4.78. The molecule has 6 heteroatoms. The summed E-state index contributed by atoms with van der Waals surface area (Å²) in [5.74, 6) is 1.21. The molecule has 2 heterocycles. The topological polar surface area (TPSA) is 72.8 Å². The molecular weight excluding hydrogens is 388 g/mol. The average Bonchev–Trinajstić information content (AvgIpc) is 3.19. The summed E-state index contributed by atoms with van der Waals surface area (Å²) in [6.07, 6.45) is 2.71. The van der Waals surface area contributed by atoms with E-state index >= 15 is 0 Å². The Bertz CT molecular complexity index is 1420. The number of nitrogens with one attached hydrogen (secondary N) is 1. The molecule has 0 spiro atoms. The van der Waals surface area contributed by atoms with Crippen LogP contribution in [-0.4, -0.2) is 26.1 Å². The molecule has 0 aliphatic rings. The van der Waals surface area contributed by atoms with E-state index < -0.39 is 0 Å². The summed E-state index contributed by atoms with van der Waals surface area (Å²) < 4.78 is 7.93. The summed E-state index contributed by atoms with van der Waals surface area (Å²) in [6.45, 7) is 3.36. The molecule has 0 amide bonds. The summed E-state index contributed by atoms with van der Waals surface area (Å²) in [7, 11) is 0. The number of ether oxygens (including phenoxy) is 1. The van der Waals surface area contributed by atoms with Crippen LogP contribution in [0.25, 0.3) is 33.3 Å². The van der Waals surface area contributed by atoms with Gasteiger partial charge in [0.05, 0.1) is 40.4 Å². The molecule has 3 aromatic carbocycles. The van der Waals surface area contributed by atoms with Crippen LogP contribution in [0.4, 0.5) is 0 Å². The molecule has 0 saturated heterocycles. The van der Waals surface area contributed by atoms with Gasteiger partial charge in [0.25, 0.3) is 5.56 Å². The van der Waals surface area contributed by atoms with Gasteiger partial charge in [-0.15, -0.1) is 0 Å². The number of aromatic nitrogens is 4. The highest BCUT2D eigenvalue weighted by Gasteiger charge is 2.13. The zero-order chi connectivity index (χ0) is 21.2. The SMILES string of the molecule is CCCOc1ccccc1-c1nc2cc3c(cc2c(=O)[nH]1)ncn3Cc1ccccc1. The van der Waals surface area contributed by atoms with E-state index in [1.807, 2.05) is 48.5 Å². The van der Waals surface area contributed by atoms with Crippen molar-refractivity contribution in [3.05, 3.63) is 89.0 Å². The van der Waals surface area contributed by atoms with Crippen LogP contribution >= 0.6 is 0 Å². The predicted molar refractivity (Wildman–Crippen MR) is 122 cm³/mol. The van der Waals surface area contributed by atoms with Gasteiger partial charge < -0.3 is 14.3 Å². The Balaban J connectivity index is 1.63. The molecule has 0 bridgehead atoms. The number of hydrogen-bond acceptors (Lipinski definition) is 4. The Morgan fingerprint density at radius 2 is 1.81 bits per heavy atom. The molecule has 6 nitrogen and oxygen atoms in total. The molecule has 0 saturated carbocycles. The van der Waals surface area contributed by atoms with Crippen LogP contribution in [0.5, 0.6) is 5.75 Å². The van der Waals surface area contributed by atoms with Crippen LogP contribution < -0.4 is 10.3 Å². The van der Waals surface area contributed by atoms with E-state index in [0.717, 1.165) is 23.0 Å². The van der Waals surface area contributed by atoms with E-state index in [1.165, 1.54) is 5.56 Å². The third-order valence-corrected chi connectivity index (χ3v) is 5.25. The van der Waals surface area contributed by atoms with Crippen molar-refractivity contribution >= 4 is 21.9 Å². The first kappa shape index (κ1) is 19.1. The largest absolute Gasteiger partial charge is 0.493 e. The van der Waals surface area contributed by atoms with Gasteiger partial charge in [-0.2, -0.15) is 0 Å².